The molecule has 4 fully saturated rings. The van der Waals surface area contributed by atoms with Crippen LogP contribution in [0.5, 0.6) is 0 Å². The van der Waals surface area contributed by atoms with Gasteiger partial charge < -0.3 is 14.2 Å². The third-order valence-electron chi connectivity index (χ3n) is 7.59. The van der Waals surface area contributed by atoms with E-state index in [0.29, 0.717) is 12.0 Å². The molecule has 3 unspecified atom stereocenters. The molecule has 4 rings (SSSR count). The first-order chi connectivity index (χ1) is 12.9. The molecule has 0 amide bonds. The van der Waals surface area contributed by atoms with Crippen LogP contribution >= 0.6 is 0 Å². The predicted molar refractivity (Wildman–Crippen MR) is 104 cm³/mol. The highest BCUT2D eigenvalue weighted by Gasteiger charge is 2.38. The molecule has 0 aromatic rings. The van der Waals surface area contributed by atoms with E-state index in [-0.39, 0.29) is 12.4 Å². The molecule has 2 aliphatic carbocycles. The Balaban J connectivity index is 1.19. The summed E-state index contributed by atoms with van der Waals surface area (Å²) in [6, 6.07) is 0. The van der Waals surface area contributed by atoms with Crippen LogP contribution in [-0.4, -0.2) is 31.7 Å². The van der Waals surface area contributed by atoms with E-state index in [1.165, 1.54) is 89.9 Å². The molecule has 0 spiro atoms. The van der Waals surface area contributed by atoms with Crippen molar-refractivity contribution in [2.75, 3.05) is 13.2 Å². The quantitative estimate of drug-likeness (QED) is 0.612. The molecule has 26 heavy (non-hydrogen) atoms. The Hall–Kier alpha value is -0.120. The van der Waals surface area contributed by atoms with Gasteiger partial charge in [-0.2, -0.15) is 0 Å². The third-order valence-corrected chi connectivity index (χ3v) is 7.59. The van der Waals surface area contributed by atoms with Gasteiger partial charge in [-0.3, -0.25) is 0 Å². The van der Waals surface area contributed by atoms with Crippen molar-refractivity contribution in [1.29, 1.82) is 0 Å². The smallest absolute Gasteiger partial charge is 0.184 e. The summed E-state index contributed by atoms with van der Waals surface area (Å²) in [4.78, 5) is 0. The number of ether oxygens (including phenoxy) is 3. The van der Waals surface area contributed by atoms with E-state index in [1.807, 2.05) is 0 Å². The molecule has 0 aromatic heterocycles. The van der Waals surface area contributed by atoms with Crippen molar-refractivity contribution in [2.45, 2.75) is 115 Å². The largest absolute Gasteiger partial charge is 0.373 e. The zero-order valence-corrected chi connectivity index (χ0v) is 16.7. The lowest BCUT2D eigenvalue weighted by Crippen LogP contribution is -2.43. The van der Waals surface area contributed by atoms with Gasteiger partial charge in [0.05, 0.1) is 6.10 Å². The van der Waals surface area contributed by atoms with Crippen LogP contribution in [0.4, 0.5) is 0 Å². The molecule has 2 saturated carbocycles. The van der Waals surface area contributed by atoms with Gasteiger partial charge in [-0.25, -0.2) is 0 Å². The van der Waals surface area contributed by atoms with E-state index in [2.05, 4.69) is 0 Å². The average Bonchev–Trinajstić information content (AvgIpc) is 2.91. The van der Waals surface area contributed by atoms with E-state index in [0.717, 1.165) is 31.5 Å². The fourth-order valence-corrected chi connectivity index (χ4v) is 5.92. The molecule has 0 bridgehead atoms. The van der Waals surface area contributed by atoms with Gasteiger partial charge in [-0.15, -0.1) is 0 Å². The topological polar surface area (TPSA) is 27.7 Å². The fourth-order valence-electron chi connectivity index (χ4n) is 5.92. The molecule has 0 N–H and O–H groups in total. The van der Waals surface area contributed by atoms with Crippen LogP contribution in [0.25, 0.3) is 0 Å². The molecule has 3 nitrogen and oxygen atoms in total. The van der Waals surface area contributed by atoms with Crippen molar-refractivity contribution in [3.63, 3.8) is 0 Å². The van der Waals surface area contributed by atoms with Crippen LogP contribution in [0.3, 0.4) is 0 Å². The second-order valence-corrected chi connectivity index (χ2v) is 9.48. The summed E-state index contributed by atoms with van der Waals surface area (Å²) in [6.45, 7) is 1.73. The fraction of sp³-hybridized carbons (Fsp3) is 1.00. The molecule has 3 heteroatoms. The molecule has 0 aromatic carbocycles. The Morgan fingerprint density at radius 2 is 1.27 bits per heavy atom. The lowest BCUT2D eigenvalue weighted by atomic mass is 9.79. The van der Waals surface area contributed by atoms with Gasteiger partial charge in [0.25, 0.3) is 0 Å². The van der Waals surface area contributed by atoms with Crippen molar-refractivity contribution in [2.24, 2.45) is 17.8 Å². The summed E-state index contributed by atoms with van der Waals surface area (Å²) in [6.07, 6.45) is 21.0. The summed E-state index contributed by atoms with van der Waals surface area (Å²) in [5, 5.41) is 0. The zero-order valence-electron chi connectivity index (χ0n) is 16.7. The first-order valence-corrected chi connectivity index (χ1v) is 11.8. The second-order valence-electron chi connectivity index (χ2n) is 9.48. The van der Waals surface area contributed by atoms with Crippen LogP contribution in [0.2, 0.25) is 0 Å². The highest BCUT2D eigenvalue weighted by atomic mass is 16.7. The van der Waals surface area contributed by atoms with Crippen molar-refractivity contribution in [3.05, 3.63) is 0 Å². The van der Waals surface area contributed by atoms with E-state index < -0.39 is 0 Å². The summed E-state index contributed by atoms with van der Waals surface area (Å²) in [7, 11) is 0. The highest BCUT2D eigenvalue weighted by Crippen LogP contribution is 2.36. The predicted octanol–water partition coefficient (Wildman–Crippen LogP) is 5.85. The van der Waals surface area contributed by atoms with E-state index >= 15 is 0 Å². The van der Waals surface area contributed by atoms with Crippen molar-refractivity contribution in [3.8, 4) is 0 Å². The second kappa shape index (κ2) is 9.89. The molecule has 3 atom stereocenters. The highest BCUT2D eigenvalue weighted by molar-refractivity contribution is 4.82. The maximum Gasteiger partial charge on any atom is 0.184 e. The van der Waals surface area contributed by atoms with Gasteiger partial charge in [0.15, 0.2) is 6.29 Å². The first kappa shape index (κ1) is 19.2. The maximum atomic E-state index is 6.48. The standard InChI is InChI=1S/C23H40O3/c1-2-6-18(7-3-1)10-11-19-12-14-21(15-13-19)26-23-22-20(8-4-16-24-22)9-5-17-25-23/h18-23H,1-17H2. The Bertz CT molecular complexity index is 398. The maximum absolute atomic E-state index is 6.48. The minimum atomic E-state index is -0.105. The van der Waals surface area contributed by atoms with E-state index in [9.17, 15) is 0 Å². The van der Waals surface area contributed by atoms with Gasteiger partial charge in [-0.1, -0.05) is 44.9 Å². The summed E-state index contributed by atoms with van der Waals surface area (Å²) in [5.41, 5.74) is 0. The Labute approximate surface area is 160 Å². The summed E-state index contributed by atoms with van der Waals surface area (Å²) < 4.78 is 18.7. The van der Waals surface area contributed by atoms with Gasteiger partial charge in [-0.05, 0) is 69.1 Å². The van der Waals surface area contributed by atoms with Gasteiger partial charge >= 0.3 is 0 Å². The minimum Gasteiger partial charge on any atom is -0.373 e. The van der Waals surface area contributed by atoms with E-state index in [4.69, 9.17) is 14.2 Å². The molecule has 4 aliphatic rings. The number of hydrogen-bond donors (Lipinski definition) is 0. The molecule has 2 saturated heterocycles. The normalized spacial score (nSPS) is 39.9. The zero-order chi connectivity index (χ0) is 17.6. The number of rotatable bonds is 5. The molecular formula is C23H40O3. The summed E-state index contributed by atoms with van der Waals surface area (Å²) in [5.74, 6) is 2.64. The van der Waals surface area contributed by atoms with Gasteiger partial charge in [0, 0.05) is 13.2 Å². The van der Waals surface area contributed by atoms with Crippen LogP contribution in [-0.2, 0) is 14.2 Å². The third kappa shape index (κ3) is 5.23. The van der Waals surface area contributed by atoms with Gasteiger partial charge in [0.2, 0.25) is 0 Å². The van der Waals surface area contributed by atoms with Crippen LogP contribution in [0.1, 0.15) is 96.3 Å². The lowest BCUT2D eigenvalue weighted by molar-refractivity contribution is -0.241. The number of hydrogen-bond acceptors (Lipinski definition) is 3. The molecule has 2 aliphatic heterocycles. The Kier molecular flexibility index (Phi) is 7.30. The monoisotopic (exact) mass is 364 g/mol. The first-order valence-electron chi connectivity index (χ1n) is 11.8. The van der Waals surface area contributed by atoms with Crippen LogP contribution < -0.4 is 0 Å². The van der Waals surface area contributed by atoms with Crippen molar-refractivity contribution in [1.82, 2.24) is 0 Å². The molecule has 0 radical (unpaired) electrons. The molecule has 2 heterocycles. The molecular weight excluding hydrogens is 324 g/mol. The minimum absolute atomic E-state index is 0.105. The summed E-state index contributed by atoms with van der Waals surface area (Å²) >= 11 is 0. The van der Waals surface area contributed by atoms with Gasteiger partial charge in [0.1, 0.15) is 6.10 Å². The van der Waals surface area contributed by atoms with Crippen molar-refractivity contribution < 1.29 is 14.2 Å². The average molecular weight is 365 g/mol. The molecule has 150 valence electrons. The number of fused-ring (bicyclic) bond motifs is 1. The van der Waals surface area contributed by atoms with E-state index in [1.54, 1.807) is 0 Å². The SMILES string of the molecule is C1CCC(CCC2CCC(OC3OCCCC4CCCOC43)CC2)CC1. The Morgan fingerprint density at radius 1 is 0.615 bits per heavy atom. The van der Waals surface area contributed by atoms with Crippen molar-refractivity contribution >= 4 is 0 Å². The van der Waals surface area contributed by atoms with Crippen LogP contribution in [0.15, 0.2) is 0 Å². The Morgan fingerprint density at radius 3 is 2.00 bits per heavy atom. The van der Waals surface area contributed by atoms with Crippen LogP contribution in [0, 0.1) is 17.8 Å². The lowest BCUT2D eigenvalue weighted by Gasteiger charge is -2.37.